The van der Waals surface area contributed by atoms with E-state index >= 15 is 0 Å². The molecular formula is C10H15N3OS. The van der Waals surface area contributed by atoms with Crippen LogP contribution < -0.4 is 11.1 Å². The minimum Gasteiger partial charge on any atom is -0.345 e. The van der Waals surface area contributed by atoms with Crippen molar-refractivity contribution in [2.75, 3.05) is 0 Å². The molecule has 1 aromatic heterocycles. The number of carbonyl (C=O) groups is 1. The van der Waals surface area contributed by atoms with Crippen LogP contribution in [0.15, 0.2) is 11.6 Å². The van der Waals surface area contributed by atoms with Gasteiger partial charge < -0.3 is 11.1 Å². The zero-order valence-corrected chi connectivity index (χ0v) is 9.51. The fourth-order valence-electron chi connectivity index (χ4n) is 1.41. The summed E-state index contributed by atoms with van der Waals surface area (Å²) in [7, 11) is 0. The number of nitrogens with one attached hydrogen (secondary N) is 1. The van der Waals surface area contributed by atoms with Crippen molar-refractivity contribution in [1.29, 1.82) is 0 Å². The molecule has 4 nitrogen and oxygen atoms in total. The highest BCUT2D eigenvalue weighted by Gasteiger charge is 2.46. The summed E-state index contributed by atoms with van der Waals surface area (Å²) in [4.78, 5) is 15.9. The maximum Gasteiger partial charge on any atom is 0.240 e. The first-order valence-electron chi connectivity index (χ1n) is 5.15. The van der Waals surface area contributed by atoms with Gasteiger partial charge in [-0.2, -0.15) is 0 Å². The molecule has 0 spiro atoms. The van der Waals surface area contributed by atoms with Gasteiger partial charge in [-0.25, -0.2) is 4.98 Å². The molecule has 0 aromatic carbocycles. The molecule has 0 bridgehead atoms. The predicted molar refractivity (Wildman–Crippen MR) is 59.4 cm³/mol. The number of nitrogens with zero attached hydrogens (tertiary/aromatic N) is 1. The van der Waals surface area contributed by atoms with E-state index in [4.69, 9.17) is 5.73 Å². The van der Waals surface area contributed by atoms with Crippen molar-refractivity contribution < 1.29 is 4.79 Å². The number of thiazole rings is 1. The molecule has 1 fully saturated rings. The van der Waals surface area contributed by atoms with Gasteiger partial charge in [0.1, 0.15) is 5.01 Å². The average molecular weight is 225 g/mol. The van der Waals surface area contributed by atoms with Crippen LogP contribution in [0.5, 0.6) is 0 Å². The van der Waals surface area contributed by atoms with E-state index in [1.807, 2.05) is 12.3 Å². The lowest BCUT2D eigenvalue weighted by atomic mass is 10.2. The molecule has 0 aliphatic heterocycles. The zero-order chi connectivity index (χ0) is 10.9. The Labute approximate surface area is 92.9 Å². The first-order valence-corrected chi connectivity index (χ1v) is 6.03. The minimum absolute atomic E-state index is 0.0125. The van der Waals surface area contributed by atoms with Crippen molar-refractivity contribution in [3.05, 3.63) is 16.6 Å². The van der Waals surface area contributed by atoms with Crippen LogP contribution in [0.1, 0.15) is 37.2 Å². The zero-order valence-electron chi connectivity index (χ0n) is 8.69. The minimum atomic E-state index is -0.593. The number of aromatic nitrogens is 1. The summed E-state index contributed by atoms with van der Waals surface area (Å²) in [5.74, 6) is -0.0375. The van der Waals surface area contributed by atoms with Gasteiger partial charge in [0.15, 0.2) is 0 Å². The molecule has 1 saturated carbocycles. The Balaban J connectivity index is 2.00. The third-order valence-electron chi connectivity index (χ3n) is 2.70. The van der Waals surface area contributed by atoms with Crippen LogP contribution in [0.25, 0.3) is 0 Å². The molecule has 1 aliphatic rings. The van der Waals surface area contributed by atoms with Crippen LogP contribution in [-0.4, -0.2) is 16.4 Å². The van der Waals surface area contributed by atoms with Gasteiger partial charge in [-0.1, -0.05) is 6.92 Å². The van der Waals surface area contributed by atoms with Gasteiger partial charge in [0, 0.05) is 11.6 Å². The van der Waals surface area contributed by atoms with Crippen molar-refractivity contribution in [1.82, 2.24) is 10.3 Å². The number of hydrogen-bond acceptors (Lipinski definition) is 4. The molecule has 1 heterocycles. The van der Waals surface area contributed by atoms with E-state index in [-0.39, 0.29) is 11.9 Å². The molecule has 5 heteroatoms. The lowest BCUT2D eigenvalue weighted by molar-refractivity contribution is -0.124. The molecule has 82 valence electrons. The lowest BCUT2D eigenvalue weighted by Gasteiger charge is -2.17. The Morgan fingerprint density at radius 1 is 1.80 bits per heavy atom. The highest BCUT2D eigenvalue weighted by Crippen LogP contribution is 2.33. The van der Waals surface area contributed by atoms with Crippen LogP contribution in [0.2, 0.25) is 0 Å². The lowest BCUT2D eigenvalue weighted by Crippen LogP contribution is -2.44. The Morgan fingerprint density at radius 3 is 3.00 bits per heavy atom. The van der Waals surface area contributed by atoms with Crippen molar-refractivity contribution in [3.8, 4) is 0 Å². The molecule has 2 rings (SSSR count). The second-order valence-electron chi connectivity index (χ2n) is 3.96. The van der Waals surface area contributed by atoms with Crippen LogP contribution in [0.3, 0.4) is 0 Å². The summed E-state index contributed by atoms with van der Waals surface area (Å²) < 4.78 is 0. The Bertz CT molecular complexity index is 346. The van der Waals surface area contributed by atoms with Crippen LogP contribution in [0.4, 0.5) is 0 Å². The van der Waals surface area contributed by atoms with Gasteiger partial charge in [-0.05, 0) is 19.3 Å². The van der Waals surface area contributed by atoms with Gasteiger partial charge >= 0.3 is 0 Å². The number of carbonyl (C=O) groups excluding carboxylic acids is 1. The van der Waals surface area contributed by atoms with Crippen molar-refractivity contribution in [2.45, 2.75) is 37.8 Å². The number of rotatable bonds is 4. The first-order chi connectivity index (χ1) is 7.15. The summed E-state index contributed by atoms with van der Waals surface area (Å²) in [6.07, 6.45) is 4.19. The molecule has 15 heavy (non-hydrogen) atoms. The van der Waals surface area contributed by atoms with Gasteiger partial charge in [-0.15, -0.1) is 11.3 Å². The van der Waals surface area contributed by atoms with E-state index in [1.165, 1.54) is 0 Å². The summed E-state index contributed by atoms with van der Waals surface area (Å²) in [6, 6.07) is 0.0125. The van der Waals surface area contributed by atoms with Crippen LogP contribution in [0, 0.1) is 0 Å². The highest BCUT2D eigenvalue weighted by molar-refractivity contribution is 7.09. The molecule has 1 aliphatic carbocycles. The third kappa shape index (κ3) is 2.18. The Hall–Kier alpha value is -0.940. The second-order valence-corrected chi connectivity index (χ2v) is 4.89. The monoisotopic (exact) mass is 225 g/mol. The fourth-order valence-corrected chi connectivity index (χ4v) is 2.18. The largest absolute Gasteiger partial charge is 0.345 e. The normalized spacial score (nSPS) is 19.6. The molecule has 1 unspecified atom stereocenters. The molecule has 3 N–H and O–H groups in total. The van der Waals surface area contributed by atoms with Crippen molar-refractivity contribution in [3.63, 3.8) is 0 Å². The number of nitrogens with two attached hydrogens (primary N) is 1. The fraction of sp³-hybridized carbons (Fsp3) is 0.600. The van der Waals surface area contributed by atoms with E-state index in [9.17, 15) is 4.79 Å². The SMILES string of the molecule is CCC(NC(=O)C1(N)CC1)c1nccs1. The van der Waals surface area contributed by atoms with E-state index in [0.717, 1.165) is 24.3 Å². The maximum atomic E-state index is 11.7. The van der Waals surface area contributed by atoms with Gasteiger partial charge in [0.2, 0.25) is 5.91 Å². The van der Waals surface area contributed by atoms with Gasteiger partial charge in [0.25, 0.3) is 0 Å². The molecule has 1 aromatic rings. The van der Waals surface area contributed by atoms with Crippen molar-refractivity contribution >= 4 is 17.2 Å². The smallest absolute Gasteiger partial charge is 0.240 e. The number of hydrogen-bond donors (Lipinski definition) is 2. The van der Waals surface area contributed by atoms with Crippen molar-refractivity contribution in [2.24, 2.45) is 5.73 Å². The average Bonchev–Trinajstić information content (AvgIpc) is 2.80. The summed E-state index contributed by atoms with van der Waals surface area (Å²) >= 11 is 1.56. The Morgan fingerprint density at radius 2 is 2.53 bits per heavy atom. The highest BCUT2D eigenvalue weighted by atomic mass is 32.1. The van der Waals surface area contributed by atoms with E-state index in [0.29, 0.717) is 0 Å². The molecule has 0 radical (unpaired) electrons. The van der Waals surface area contributed by atoms with Gasteiger partial charge in [0.05, 0.1) is 11.6 Å². The molecular weight excluding hydrogens is 210 g/mol. The Kier molecular flexibility index (Phi) is 2.75. The van der Waals surface area contributed by atoms with E-state index in [2.05, 4.69) is 10.3 Å². The summed E-state index contributed by atoms with van der Waals surface area (Å²) in [5, 5.41) is 5.83. The van der Waals surface area contributed by atoms with E-state index < -0.39 is 5.54 Å². The standard InChI is InChI=1S/C10H15N3OS/c1-2-7(8-12-5-6-15-8)13-9(14)10(11)3-4-10/h5-7H,2-4,11H2,1H3,(H,13,14). The molecule has 0 saturated heterocycles. The molecule has 1 atom stereocenters. The topological polar surface area (TPSA) is 68.0 Å². The predicted octanol–water partition coefficient (Wildman–Crippen LogP) is 1.20. The number of amides is 1. The third-order valence-corrected chi connectivity index (χ3v) is 3.59. The van der Waals surface area contributed by atoms with Crippen LogP contribution in [-0.2, 0) is 4.79 Å². The van der Waals surface area contributed by atoms with E-state index in [1.54, 1.807) is 17.5 Å². The summed E-state index contributed by atoms with van der Waals surface area (Å²) in [6.45, 7) is 2.03. The second kappa shape index (κ2) is 3.90. The molecule has 1 amide bonds. The first kappa shape index (κ1) is 10.6. The van der Waals surface area contributed by atoms with Gasteiger partial charge in [-0.3, -0.25) is 4.79 Å². The van der Waals surface area contributed by atoms with Crippen LogP contribution >= 0.6 is 11.3 Å². The summed E-state index contributed by atoms with van der Waals surface area (Å²) in [5.41, 5.74) is 5.22. The quantitative estimate of drug-likeness (QED) is 0.809. The maximum absolute atomic E-state index is 11.7.